The Morgan fingerprint density at radius 2 is 1.73 bits per heavy atom. The standard InChI is InChI=1S/C18H17Cl2NO/c19-15-8-4-9-16(20)14(15)12-18(22)21-11-5-10-17(21)13-6-2-1-3-7-13/h1-4,6-9,17H,5,10-12H2. The summed E-state index contributed by atoms with van der Waals surface area (Å²) in [6, 6.07) is 15.7. The molecule has 1 amide bonds. The van der Waals surface area contributed by atoms with Crippen LogP contribution in [0.4, 0.5) is 0 Å². The van der Waals surface area contributed by atoms with Gasteiger partial charge in [-0.1, -0.05) is 59.6 Å². The van der Waals surface area contributed by atoms with E-state index in [0.717, 1.165) is 24.9 Å². The first-order chi connectivity index (χ1) is 10.7. The lowest BCUT2D eigenvalue weighted by Gasteiger charge is -2.25. The lowest BCUT2D eigenvalue weighted by molar-refractivity contribution is -0.131. The Hall–Kier alpha value is -1.51. The van der Waals surface area contributed by atoms with Gasteiger partial charge in [0.25, 0.3) is 0 Å². The molecule has 3 rings (SSSR count). The molecule has 2 aromatic carbocycles. The molecule has 4 heteroatoms. The second-order valence-corrected chi connectivity index (χ2v) is 6.35. The average molecular weight is 334 g/mol. The van der Waals surface area contributed by atoms with E-state index in [-0.39, 0.29) is 18.4 Å². The van der Waals surface area contributed by atoms with Gasteiger partial charge >= 0.3 is 0 Å². The molecule has 2 nitrogen and oxygen atoms in total. The Morgan fingerprint density at radius 1 is 1.05 bits per heavy atom. The Balaban J connectivity index is 1.80. The van der Waals surface area contributed by atoms with E-state index < -0.39 is 0 Å². The van der Waals surface area contributed by atoms with Crippen LogP contribution in [-0.4, -0.2) is 17.4 Å². The van der Waals surface area contributed by atoms with Gasteiger partial charge in [0, 0.05) is 16.6 Å². The van der Waals surface area contributed by atoms with Crippen molar-refractivity contribution in [1.29, 1.82) is 0 Å². The van der Waals surface area contributed by atoms with Gasteiger partial charge in [-0.05, 0) is 36.1 Å². The number of benzene rings is 2. The Kier molecular flexibility index (Phi) is 4.70. The van der Waals surface area contributed by atoms with Crippen LogP contribution in [0.1, 0.15) is 30.0 Å². The van der Waals surface area contributed by atoms with Gasteiger partial charge in [-0.2, -0.15) is 0 Å². The molecule has 22 heavy (non-hydrogen) atoms. The minimum Gasteiger partial charge on any atom is -0.335 e. The highest BCUT2D eigenvalue weighted by Crippen LogP contribution is 2.33. The molecular formula is C18H17Cl2NO. The molecule has 0 N–H and O–H groups in total. The van der Waals surface area contributed by atoms with Gasteiger partial charge in [-0.25, -0.2) is 0 Å². The van der Waals surface area contributed by atoms with E-state index in [1.807, 2.05) is 23.1 Å². The monoisotopic (exact) mass is 333 g/mol. The molecule has 1 aliphatic heterocycles. The molecule has 1 saturated heterocycles. The zero-order valence-corrected chi connectivity index (χ0v) is 13.6. The van der Waals surface area contributed by atoms with Gasteiger partial charge in [0.2, 0.25) is 5.91 Å². The van der Waals surface area contributed by atoms with Crippen molar-refractivity contribution in [2.75, 3.05) is 6.54 Å². The Morgan fingerprint density at radius 3 is 2.41 bits per heavy atom. The Labute approximate surface area is 140 Å². The predicted octanol–water partition coefficient (Wildman–Crippen LogP) is 4.90. The van der Waals surface area contributed by atoms with E-state index in [0.29, 0.717) is 10.0 Å². The Bertz CT molecular complexity index is 652. The number of hydrogen-bond donors (Lipinski definition) is 0. The van der Waals surface area contributed by atoms with Crippen molar-refractivity contribution in [3.8, 4) is 0 Å². The summed E-state index contributed by atoms with van der Waals surface area (Å²) in [4.78, 5) is 14.7. The predicted molar refractivity (Wildman–Crippen MR) is 90.3 cm³/mol. The van der Waals surface area contributed by atoms with Crippen molar-refractivity contribution >= 4 is 29.1 Å². The number of hydrogen-bond acceptors (Lipinski definition) is 1. The van der Waals surface area contributed by atoms with E-state index in [9.17, 15) is 4.79 Å². The number of carbonyl (C=O) groups excluding carboxylic acids is 1. The van der Waals surface area contributed by atoms with Gasteiger partial charge in [-0.15, -0.1) is 0 Å². The molecule has 0 spiro atoms. The minimum absolute atomic E-state index is 0.0846. The van der Waals surface area contributed by atoms with Crippen molar-refractivity contribution in [3.05, 3.63) is 69.7 Å². The first-order valence-electron chi connectivity index (χ1n) is 7.44. The summed E-state index contributed by atoms with van der Waals surface area (Å²) in [5, 5.41) is 1.10. The average Bonchev–Trinajstić information content (AvgIpc) is 3.01. The molecule has 0 bridgehead atoms. The molecule has 0 saturated carbocycles. The third-order valence-electron chi connectivity index (χ3n) is 4.15. The highest BCUT2D eigenvalue weighted by Gasteiger charge is 2.30. The van der Waals surface area contributed by atoms with Crippen molar-refractivity contribution < 1.29 is 4.79 Å². The first-order valence-corrected chi connectivity index (χ1v) is 8.19. The van der Waals surface area contributed by atoms with Crippen molar-refractivity contribution in [2.24, 2.45) is 0 Å². The zero-order valence-electron chi connectivity index (χ0n) is 12.1. The maximum Gasteiger partial charge on any atom is 0.227 e. The second-order valence-electron chi connectivity index (χ2n) is 5.53. The van der Waals surface area contributed by atoms with E-state index in [1.54, 1.807) is 18.2 Å². The molecule has 1 fully saturated rings. The van der Waals surface area contributed by atoms with Crippen LogP contribution >= 0.6 is 23.2 Å². The summed E-state index contributed by atoms with van der Waals surface area (Å²) in [6.45, 7) is 0.792. The molecule has 0 radical (unpaired) electrons. The summed E-state index contributed by atoms with van der Waals surface area (Å²) < 4.78 is 0. The zero-order chi connectivity index (χ0) is 15.5. The van der Waals surface area contributed by atoms with Gasteiger partial charge in [0.15, 0.2) is 0 Å². The summed E-state index contributed by atoms with van der Waals surface area (Å²) in [5.74, 6) is 0.0846. The summed E-state index contributed by atoms with van der Waals surface area (Å²) in [5.41, 5.74) is 1.91. The maximum atomic E-state index is 12.7. The third-order valence-corrected chi connectivity index (χ3v) is 4.86. The van der Waals surface area contributed by atoms with E-state index in [1.165, 1.54) is 5.56 Å². The van der Waals surface area contributed by atoms with Gasteiger partial charge in [-0.3, -0.25) is 4.79 Å². The summed E-state index contributed by atoms with van der Waals surface area (Å²) in [6.07, 6.45) is 2.29. The number of amides is 1. The topological polar surface area (TPSA) is 20.3 Å². The molecule has 1 aliphatic rings. The molecule has 1 unspecified atom stereocenters. The molecule has 2 aromatic rings. The maximum absolute atomic E-state index is 12.7. The van der Waals surface area contributed by atoms with Crippen molar-refractivity contribution in [3.63, 3.8) is 0 Å². The number of likely N-dealkylation sites (tertiary alicyclic amines) is 1. The number of nitrogens with zero attached hydrogens (tertiary/aromatic N) is 1. The molecule has 1 heterocycles. The van der Waals surface area contributed by atoms with Crippen LogP contribution in [0.25, 0.3) is 0 Å². The first kappa shape index (κ1) is 15.4. The SMILES string of the molecule is O=C(Cc1c(Cl)cccc1Cl)N1CCCC1c1ccccc1. The van der Waals surface area contributed by atoms with Crippen LogP contribution < -0.4 is 0 Å². The number of carbonyl (C=O) groups is 1. The van der Waals surface area contributed by atoms with E-state index in [4.69, 9.17) is 23.2 Å². The van der Waals surface area contributed by atoms with Crippen molar-refractivity contribution in [1.82, 2.24) is 4.90 Å². The molecule has 0 aromatic heterocycles. The largest absolute Gasteiger partial charge is 0.335 e. The van der Waals surface area contributed by atoms with Crippen LogP contribution in [0.2, 0.25) is 10.0 Å². The van der Waals surface area contributed by atoms with Crippen LogP contribution in [-0.2, 0) is 11.2 Å². The van der Waals surface area contributed by atoms with E-state index in [2.05, 4.69) is 12.1 Å². The highest BCUT2D eigenvalue weighted by atomic mass is 35.5. The molecule has 1 atom stereocenters. The normalized spacial score (nSPS) is 17.7. The van der Waals surface area contributed by atoms with Gasteiger partial charge < -0.3 is 4.90 Å². The van der Waals surface area contributed by atoms with Crippen LogP contribution in [0.3, 0.4) is 0 Å². The van der Waals surface area contributed by atoms with E-state index >= 15 is 0 Å². The minimum atomic E-state index is 0.0846. The molecule has 114 valence electrons. The third kappa shape index (κ3) is 3.13. The lowest BCUT2D eigenvalue weighted by atomic mass is 10.0. The van der Waals surface area contributed by atoms with Crippen molar-refractivity contribution in [2.45, 2.75) is 25.3 Å². The fourth-order valence-corrected chi connectivity index (χ4v) is 3.57. The smallest absolute Gasteiger partial charge is 0.227 e. The second kappa shape index (κ2) is 6.72. The lowest BCUT2D eigenvalue weighted by Crippen LogP contribution is -2.32. The number of halogens is 2. The fourth-order valence-electron chi connectivity index (χ4n) is 3.04. The van der Waals surface area contributed by atoms with Gasteiger partial charge in [0.1, 0.15) is 0 Å². The summed E-state index contributed by atoms with van der Waals surface area (Å²) >= 11 is 12.4. The van der Waals surface area contributed by atoms with Crippen LogP contribution in [0.15, 0.2) is 48.5 Å². The number of rotatable bonds is 3. The molecule has 0 aliphatic carbocycles. The van der Waals surface area contributed by atoms with Gasteiger partial charge in [0.05, 0.1) is 12.5 Å². The van der Waals surface area contributed by atoms with Crippen LogP contribution in [0.5, 0.6) is 0 Å². The highest BCUT2D eigenvalue weighted by molar-refractivity contribution is 6.36. The molecular weight excluding hydrogens is 317 g/mol. The fraction of sp³-hybridized carbons (Fsp3) is 0.278. The van der Waals surface area contributed by atoms with Crippen LogP contribution in [0, 0.1) is 0 Å². The summed E-state index contributed by atoms with van der Waals surface area (Å²) in [7, 11) is 0. The quantitative estimate of drug-likeness (QED) is 0.782.